The Morgan fingerprint density at radius 2 is 1.81 bits per heavy atom. The molecule has 0 bridgehead atoms. The predicted molar refractivity (Wildman–Crippen MR) is 146 cm³/mol. The molecular weight excluding hydrogens is 446 g/mol. The fraction of sp³-hybridized carbons (Fsp3) is 0.516. The molecule has 1 amide bonds. The summed E-state index contributed by atoms with van der Waals surface area (Å²) >= 11 is 0. The average Bonchev–Trinajstić information content (AvgIpc) is 3.27. The zero-order valence-electron chi connectivity index (χ0n) is 21.6. The van der Waals surface area contributed by atoms with Crippen LogP contribution in [0.3, 0.4) is 0 Å². The number of nitrogens with zero attached hydrogens (tertiary/aromatic N) is 1. The van der Waals surface area contributed by atoms with Gasteiger partial charge in [0.2, 0.25) is 5.91 Å². The van der Waals surface area contributed by atoms with Crippen LogP contribution in [0.2, 0.25) is 0 Å². The van der Waals surface area contributed by atoms with Crippen molar-refractivity contribution < 1.29 is 9.53 Å². The van der Waals surface area contributed by atoms with Gasteiger partial charge in [0.15, 0.2) is 0 Å². The number of hydrogen-bond donors (Lipinski definition) is 2. The van der Waals surface area contributed by atoms with Crippen molar-refractivity contribution in [3.8, 4) is 5.75 Å². The van der Waals surface area contributed by atoms with E-state index in [1.165, 1.54) is 48.6 Å². The zero-order chi connectivity index (χ0) is 24.9. The van der Waals surface area contributed by atoms with Crippen molar-refractivity contribution >= 4 is 16.8 Å². The Labute approximate surface area is 215 Å². The number of aromatic nitrogens is 1. The van der Waals surface area contributed by atoms with Crippen molar-refractivity contribution in [1.82, 2.24) is 9.88 Å². The minimum Gasteiger partial charge on any atom is -0.497 e. The summed E-state index contributed by atoms with van der Waals surface area (Å²) in [4.78, 5) is 13.4. The highest BCUT2D eigenvalue weighted by Crippen LogP contribution is 2.37. The summed E-state index contributed by atoms with van der Waals surface area (Å²) < 4.78 is 8.01. The highest BCUT2D eigenvalue weighted by atomic mass is 16.5. The van der Waals surface area contributed by atoms with E-state index in [9.17, 15) is 4.79 Å². The van der Waals surface area contributed by atoms with E-state index in [0.717, 1.165) is 49.5 Å². The number of carbonyl (C=O) groups excluding carboxylic acids is 1. The van der Waals surface area contributed by atoms with E-state index >= 15 is 0 Å². The highest BCUT2D eigenvalue weighted by Gasteiger charge is 2.26. The topological polar surface area (TPSA) is 69.3 Å². The maximum absolute atomic E-state index is 13.4. The Kier molecular flexibility index (Phi) is 7.96. The standard InChI is InChI=1S/C31H41N3O2/c1-36-26-11-7-10-23(18-26)28(19-31(35)33-25-16-14-24(32)15-17-25)29-21-34(20-22-8-3-2-4-9-22)30-13-6-5-12-27(29)30/h5-7,10-13,18,21-22,24-25,28H,2-4,8-9,14-17,19-20,32H2,1H3,(H,33,35). The summed E-state index contributed by atoms with van der Waals surface area (Å²) in [6.07, 6.45) is 13.3. The van der Waals surface area contributed by atoms with E-state index in [1.54, 1.807) is 7.11 Å². The molecule has 1 atom stereocenters. The van der Waals surface area contributed by atoms with Crippen LogP contribution in [0.1, 0.15) is 81.3 Å². The van der Waals surface area contributed by atoms with Gasteiger partial charge >= 0.3 is 0 Å². The Morgan fingerprint density at radius 3 is 2.58 bits per heavy atom. The van der Waals surface area contributed by atoms with Crippen LogP contribution >= 0.6 is 0 Å². The quantitative estimate of drug-likeness (QED) is 0.401. The molecule has 0 aliphatic heterocycles. The van der Waals surface area contributed by atoms with Crippen molar-refractivity contribution in [2.75, 3.05) is 7.11 Å². The zero-order valence-corrected chi connectivity index (χ0v) is 21.6. The summed E-state index contributed by atoms with van der Waals surface area (Å²) in [5.74, 6) is 1.64. The van der Waals surface area contributed by atoms with E-state index < -0.39 is 0 Å². The third kappa shape index (κ3) is 5.78. The van der Waals surface area contributed by atoms with Gasteiger partial charge in [-0.1, -0.05) is 49.6 Å². The first-order valence-corrected chi connectivity index (χ1v) is 13.9. The van der Waals surface area contributed by atoms with Gasteiger partial charge in [-0.15, -0.1) is 0 Å². The number of rotatable bonds is 8. The van der Waals surface area contributed by atoms with Gasteiger partial charge in [0.1, 0.15) is 5.75 Å². The van der Waals surface area contributed by atoms with E-state index in [0.29, 0.717) is 6.42 Å². The van der Waals surface area contributed by atoms with Crippen LogP contribution in [-0.2, 0) is 11.3 Å². The maximum atomic E-state index is 13.4. The van der Waals surface area contributed by atoms with Gasteiger partial charge in [-0.3, -0.25) is 4.79 Å². The van der Waals surface area contributed by atoms with Gasteiger partial charge in [0, 0.05) is 48.1 Å². The smallest absolute Gasteiger partial charge is 0.221 e. The van der Waals surface area contributed by atoms with E-state index in [2.05, 4.69) is 52.5 Å². The summed E-state index contributed by atoms with van der Waals surface area (Å²) in [6.45, 7) is 1.06. The molecule has 2 saturated carbocycles. The predicted octanol–water partition coefficient (Wildman–Crippen LogP) is 6.14. The van der Waals surface area contributed by atoms with Gasteiger partial charge in [-0.25, -0.2) is 0 Å². The highest BCUT2D eigenvalue weighted by molar-refractivity contribution is 5.86. The number of methoxy groups -OCH3 is 1. The van der Waals surface area contributed by atoms with Gasteiger partial charge in [0.25, 0.3) is 0 Å². The molecule has 2 aromatic carbocycles. The van der Waals surface area contributed by atoms with Crippen LogP contribution in [0.15, 0.2) is 54.7 Å². The number of nitrogens with one attached hydrogen (secondary N) is 1. The summed E-state index contributed by atoms with van der Waals surface area (Å²) in [6, 6.07) is 17.4. The first kappa shape index (κ1) is 24.9. The molecule has 3 aromatic rings. The fourth-order valence-electron chi connectivity index (χ4n) is 6.35. The number of fused-ring (bicyclic) bond motifs is 1. The lowest BCUT2D eigenvalue weighted by Gasteiger charge is -2.27. The molecule has 2 aliphatic carbocycles. The molecule has 5 nitrogen and oxygen atoms in total. The second-order valence-corrected chi connectivity index (χ2v) is 11.0. The molecule has 36 heavy (non-hydrogen) atoms. The summed E-state index contributed by atoms with van der Waals surface area (Å²) in [5, 5.41) is 4.57. The summed E-state index contributed by atoms with van der Waals surface area (Å²) in [5.41, 5.74) is 9.71. The number of ether oxygens (including phenoxy) is 1. The van der Waals surface area contributed by atoms with Crippen molar-refractivity contribution in [1.29, 1.82) is 0 Å². The molecule has 192 valence electrons. The number of nitrogens with two attached hydrogens (primary N) is 1. The lowest BCUT2D eigenvalue weighted by molar-refractivity contribution is -0.122. The minimum atomic E-state index is -0.0385. The van der Waals surface area contributed by atoms with E-state index in [4.69, 9.17) is 10.5 Å². The first-order chi connectivity index (χ1) is 17.6. The second kappa shape index (κ2) is 11.5. The van der Waals surface area contributed by atoms with Crippen LogP contribution in [0.25, 0.3) is 10.9 Å². The lowest BCUT2D eigenvalue weighted by Crippen LogP contribution is -2.40. The number of amides is 1. The third-order valence-electron chi connectivity index (χ3n) is 8.40. The van der Waals surface area contributed by atoms with Gasteiger partial charge < -0.3 is 20.4 Å². The lowest BCUT2D eigenvalue weighted by atomic mass is 9.87. The van der Waals surface area contributed by atoms with Crippen LogP contribution in [-0.4, -0.2) is 29.7 Å². The van der Waals surface area contributed by atoms with Crippen molar-refractivity contribution in [2.45, 2.75) is 88.8 Å². The molecule has 0 spiro atoms. The Hall–Kier alpha value is -2.79. The minimum absolute atomic E-state index is 0.0385. The van der Waals surface area contributed by atoms with Crippen LogP contribution in [0, 0.1) is 5.92 Å². The van der Waals surface area contributed by atoms with Crippen molar-refractivity contribution in [3.63, 3.8) is 0 Å². The first-order valence-electron chi connectivity index (χ1n) is 13.9. The molecule has 2 aliphatic rings. The van der Waals surface area contributed by atoms with Gasteiger partial charge in [-0.2, -0.15) is 0 Å². The van der Waals surface area contributed by atoms with E-state index in [-0.39, 0.29) is 23.9 Å². The molecule has 2 fully saturated rings. The molecule has 1 aromatic heterocycles. The second-order valence-electron chi connectivity index (χ2n) is 11.0. The van der Waals surface area contributed by atoms with Crippen LogP contribution in [0.4, 0.5) is 0 Å². The van der Waals surface area contributed by atoms with Crippen molar-refractivity contribution in [2.24, 2.45) is 11.7 Å². The average molecular weight is 488 g/mol. The summed E-state index contributed by atoms with van der Waals surface area (Å²) in [7, 11) is 1.70. The SMILES string of the molecule is COc1cccc(C(CC(=O)NC2CCC(N)CC2)c2cn(CC3CCCCC3)c3ccccc23)c1. The Balaban J connectivity index is 1.46. The molecule has 0 radical (unpaired) electrons. The Morgan fingerprint density at radius 1 is 1.03 bits per heavy atom. The molecule has 5 rings (SSSR count). The molecule has 3 N–H and O–H groups in total. The molecule has 0 saturated heterocycles. The maximum Gasteiger partial charge on any atom is 0.221 e. The van der Waals surface area contributed by atoms with Gasteiger partial charge in [-0.05, 0) is 73.8 Å². The molecular formula is C31H41N3O2. The Bertz CT molecular complexity index is 1160. The van der Waals surface area contributed by atoms with Crippen LogP contribution in [0.5, 0.6) is 5.75 Å². The molecule has 1 heterocycles. The molecule has 1 unspecified atom stereocenters. The number of carbonyl (C=O) groups is 1. The largest absolute Gasteiger partial charge is 0.497 e. The fourth-order valence-corrected chi connectivity index (χ4v) is 6.35. The van der Waals surface area contributed by atoms with Crippen molar-refractivity contribution in [3.05, 3.63) is 65.9 Å². The molecule has 5 heteroatoms. The third-order valence-corrected chi connectivity index (χ3v) is 8.40. The number of hydrogen-bond acceptors (Lipinski definition) is 3. The van der Waals surface area contributed by atoms with E-state index in [1.807, 2.05) is 12.1 Å². The number of para-hydroxylation sites is 1. The number of benzene rings is 2. The van der Waals surface area contributed by atoms with Gasteiger partial charge in [0.05, 0.1) is 7.11 Å². The van der Waals surface area contributed by atoms with Crippen LogP contribution < -0.4 is 15.8 Å². The normalized spacial score (nSPS) is 21.8. The monoisotopic (exact) mass is 487 g/mol.